The minimum absolute atomic E-state index is 0.0561. The number of carbonyl (C=O) groups excluding carboxylic acids is 2. The molecule has 28 heavy (non-hydrogen) atoms. The summed E-state index contributed by atoms with van der Waals surface area (Å²) in [6.45, 7) is 1.09. The molecule has 2 amide bonds. The van der Waals surface area contributed by atoms with Gasteiger partial charge in [0.1, 0.15) is 5.76 Å². The molecule has 0 bridgehead atoms. The van der Waals surface area contributed by atoms with Crippen molar-refractivity contribution in [1.82, 2.24) is 9.88 Å². The third kappa shape index (κ3) is 4.21. The van der Waals surface area contributed by atoms with E-state index in [1.54, 1.807) is 6.92 Å². The van der Waals surface area contributed by atoms with E-state index in [9.17, 15) is 26.4 Å². The number of nitrogens with zero attached hydrogens (tertiary/aromatic N) is 2. The molecule has 1 aliphatic heterocycles. The van der Waals surface area contributed by atoms with Crippen LogP contribution in [0.4, 0.5) is 11.5 Å². The first kappa shape index (κ1) is 20.0. The van der Waals surface area contributed by atoms with Crippen molar-refractivity contribution in [3.8, 4) is 0 Å². The molecule has 2 aromatic rings. The molecule has 150 valence electrons. The Bertz CT molecular complexity index is 1120. The van der Waals surface area contributed by atoms with Gasteiger partial charge < -0.3 is 9.84 Å². The van der Waals surface area contributed by atoms with Crippen LogP contribution in [0.25, 0.3) is 0 Å². The van der Waals surface area contributed by atoms with Gasteiger partial charge in [-0.05, 0) is 31.2 Å². The molecule has 0 unspecified atom stereocenters. The SMILES string of the molecule is Cc1cc(NC(=O)CNS(=O)(=O)c2ccc(N3C(=O)CCS3(=O)=O)cc2)no1. The fourth-order valence-electron chi connectivity index (χ4n) is 2.49. The summed E-state index contributed by atoms with van der Waals surface area (Å²) in [6, 6.07) is 6.20. The molecule has 0 aliphatic carbocycles. The lowest BCUT2D eigenvalue weighted by Gasteiger charge is -2.15. The highest BCUT2D eigenvalue weighted by molar-refractivity contribution is 7.94. The van der Waals surface area contributed by atoms with Gasteiger partial charge in [0.15, 0.2) is 5.82 Å². The maximum Gasteiger partial charge on any atom is 0.242 e. The summed E-state index contributed by atoms with van der Waals surface area (Å²) in [5.74, 6) is -0.874. The molecule has 1 saturated heterocycles. The fraction of sp³-hybridized carbons (Fsp3) is 0.267. The van der Waals surface area contributed by atoms with Crippen molar-refractivity contribution in [2.24, 2.45) is 0 Å². The monoisotopic (exact) mass is 428 g/mol. The highest BCUT2D eigenvalue weighted by Crippen LogP contribution is 2.26. The molecule has 1 aromatic carbocycles. The number of benzene rings is 1. The highest BCUT2D eigenvalue weighted by atomic mass is 32.2. The number of rotatable bonds is 6. The third-order valence-electron chi connectivity index (χ3n) is 3.78. The smallest absolute Gasteiger partial charge is 0.242 e. The largest absolute Gasteiger partial charge is 0.360 e. The Balaban J connectivity index is 1.67. The Hall–Kier alpha value is -2.77. The van der Waals surface area contributed by atoms with Crippen molar-refractivity contribution in [2.75, 3.05) is 21.9 Å². The van der Waals surface area contributed by atoms with E-state index >= 15 is 0 Å². The Labute approximate surface area is 160 Å². The molecule has 1 aliphatic rings. The summed E-state index contributed by atoms with van der Waals surface area (Å²) in [5.41, 5.74) is 0.0561. The van der Waals surface area contributed by atoms with Crippen molar-refractivity contribution in [2.45, 2.75) is 18.2 Å². The lowest BCUT2D eigenvalue weighted by atomic mass is 10.3. The van der Waals surface area contributed by atoms with Crippen LogP contribution in [0.1, 0.15) is 12.2 Å². The second-order valence-electron chi connectivity index (χ2n) is 5.91. The van der Waals surface area contributed by atoms with Gasteiger partial charge in [-0.1, -0.05) is 5.16 Å². The summed E-state index contributed by atoms with van der Waals surface area (Å²) >= 11 is 0. The molecule has 1 aromatic heterocycles. The first-order valence-electron chi connectivity index (χ1n) is 7.97. The maximum absolute atomic E-state index is 12.3. The van der Waals surface area contributed by atoms with E-state index in [0.29, 0.717) is 10.1 Å². The minimum Gasteiger partial charge on any atom is -0.360 e. The van der Waals surface area contributed by atoms with Gasteiger partial charge in [-0.15, -0.1) is 0 Å². The van der Waals surface area contributed by atoms with Gasteiger partial charge in [0.2, 0.25) is 31.9 Å². The molecular weight excluding hydrogens is 412 g/mol. The highest BCUT2D eigenvalue weighted by Gasteiger charge is 2.36. The Morgan fingerprint density at radius 2 is 1.96 bits per heavy atom. The molecule has 3 rings (SSSR count). The molecule has 1 fully saturated rings. The van der Waals surface area contributed by atoms with E-state index in [1.165, 1.54) is 18.2 Å². The van der Waals surface area contributed by atoms with Crippen LogP contribution in [0, 0.1) is 6.92 Å². The second kappa shape index (κ2) is 7.33. The van der Waals surface area contributed by atoms with Gasteiger partial charge in [0, 0.05) is 12.5 Å². The van der Waals surface area contributed by atoms with E-state index in [2.05, 4.69) is 15.2 Å². The summed E-state index contributed by atoms with van der Waals surface area (Å²) in [4.78, 5) is 23.4. The van der Waals surface area contributed by atoms with Crippen molar-refractivity contribution in [1.29, 1.82) is 0 Å². The van der Waals surface area contributed by atoms with Crippen molar-refractivity contribution >= 4 is 43.4 Å². The third-order valence-corrected chi connectivity index (χ3v) is 6.89. The van der Waals surface area contributed by atoms with Crippen molar-refractivity contribution in [3.63, 3.8) is 0 Å². The van der Waals surface area contributed by atoms with Crippen LogP contribution >= 0.6 is 0 Å². The van der Waals surface area contributed by atoms with Crippen molar-refractivity contribution < 1.29 is 30.9 Å². The van der Waals surface area contributed by atoms with Gasteiger partial charge in [0.05, 0.1) is 22.9 Å². The van der Waals surface area contributed by atoms with Gasteiger partial charge >= 0.3 is 0 Å². The summed E-state index contributed by atoms with van der Waals surface area (Å²) in [7, 11) is -7.77. The van der Waals surface area contributed by atoms with Crippen molar-refractivity contribution in [3.05, 3.63) is 36.1 Å². The van der Waals surface area contributed by atoms with Crippen LogP contribution in [-0.4, -0.2) is 46.1 Å². The van der Waals surface area contributed by atoms with E-state index in [1.807, 2.05) is 0 Å². The minimum atomic E-state index is -4.03. The summed E-state index contributed by atoms with van der Waals surface area (Å²) in [6.07, 6.45) is -0.121. The van der Waals surface area contributed by atoms with Crippen LogP contribution in [0.15, 0.2) is 39.8 Å². The summed E-state index contributed by atoms with van der Waals surface area (Å²) < 4.78 is 55.9. The normalized spacial score (nSPS) is 16.3. The molecule has 11 nitrogen and oxygen atoms in total. The number of anilines is 2. The zero-order valence-corrected chi connectivity index (χ0v) is 16.2. The second-order valence-corrected chi connectivity index (χ2v) is 9.62. The number of hydrogen-bond donors (Lipinski definition) is 2. The topological polar surface area (TPSA) is 156 Å². The standard InChI is InChI=1S/C15H16N4O7S2/c1-10-8-13(18-26-10)17-14(20)9-16-28(24,25)12-4-2-11(3-5-12)19-15(21)6-7-27(19,22)23/h2-5,8,16H,6-7,9H2,1H3,(H,17,18,20). The lowest BCUT2D eigenvalue weighted by Crippen LogP contribution is -2.33. The lowest BCUT2D eigenvalue weighted by molar-refractivity contribution is -0.116. The van der Waals surface area contributed by atoms with E-state index in [0.717, 1.165) is 12.1 Å². The molecular formula is C15H16N4O7S2. The molecule has 2 heterocycles. The van der Waals surface area contributed by atoms with Crippen LogP contribution in [0.5, 0.6) is 0 Å². The zero-order valence-electron chi connectivity index (χ0n) is 14.6. The van der Waals surface area contributed by atoms with E-state index < -0.39 is 38.4 Å². The Morgan fingerprint density at radius 1 is 1.29 bits per heavy atom. The fourth-order valence-corrected chi connectivity index (χ4v) is 4.93. The quantitative estimate of drug-likeness (QED) is 0.649. The van der Waals surface area contributed by atoms with Gasteiger partial charge in [0.25, 0.3) is 0 Å². The van der Waals surface area contributed by atoms with Crippen LogP contribution in [-0.2, 0) is 29.6 Å². The number of aryl methyl sites for hydroxylation is 1. The maximum atomic E-state index is 12.3. The van der Waals surface area contributed by atoms with E-state index in [4.69, 9.17) is 4.52 Å². The number of aromatic nitrogens is 1. The van der Waals surface area contributed by atoms with Crippen LogP contribution < -0.4 is 14.3 Å². The average molecular weight is 428 g/mol. The molecule has 2 N–H and O–H groups in total. The van der Waals surface area contributed by atoms with Crippen LogP contribution in [0.2, 0.25) is 0 Å². The number of nitrogens with one attached hydrogen (secondary N) is 2. The predicted molar refractivity (Wildman–Crippen MR) is 97.4 cm³/mol. The van der Waals surface area contributed by atoms with Gasteiger partial charge in [-0.3, -0.25) is 9.59 Å². The first-order valence-corrected chi connectivity index (χ1v) is 11.1. The average Bonchev–Trinajstić information content (AvgIpc) is 3.15. The number of sulfonamides is 2. The molecule has 0 atom stereocenters. The molecule has 13 heteroatoms. The van der Waals surface area contributed by atoms with Crippen LogP contribution in [0.3, 0.4) is 0 Å². The first-order chi connectivity index (χ1) is 13.1. The Kier molecular flexibility index (Phi) is 5.23. The number of amides is 2. The van der Waals surface area contributed by atoms with E-state index in [-0.39, 0.29) is 28.6 Å². The molecule has 0 radical (unpaired) electrons. The molecule has 0 spiro atoms. The van der Waals surface area contributed by atoms with Gasteiger partial charge in [-0.2, -0.15) is 0 Å². The number of carbonyl (C=O) groups is 2. The zero-order chi connectivity index (χ0) is 20.5. The molecule has 0 saturated carbocycles. The van der Waals surface area contributed by atoms with Gasteiger partial charge in [-0.25, -0.2) is 25.9 Å². The summed E-state index contributed by atoms with van der Waals surface area (Å²) in [5, 5.41) is 5.92. The Morgan fingerprint density at radius 3 is 2.50 bits per heavy atom. The predicted octanol–water partition coefficient (Wildman–Crippen LogP) is -0.0335. The number of hydrogen-bond acceptors (Lipinski definition) is 8.